The summed E-state index contributed by atoms with van der Waals surface area (Å²) in [6, 6.07) is 7.48. The quantitative estimate of drug-likeness (QED) is 0.523. The van der Waals surface area contributed by atoms with Crippen LogP contribution in [-0.2, 0) is 16.4 Å². The minimum absolute atomic E-state index is 0.329. The van der Waals surface area contributed by atoms with Crippen LogP contribution in [0.4, 0.5) is 20.4 Å². The molecule has 1 saturated heterocycles. The van der Waals surface area contributed by atoms with Gasteiger partial charge in [0, 0.05) is 30.0 Å². The van der Waals surface area contributed by atoms with Gasteiger partial charge in [0.25, 0.3) is 0 Å². The highest BCUT2D eigenvalue weighted by molar-refractivity contribution is 6.62. The zero-order valence-electron chi connectivity index (χ0n) is 17.4. The summed E-state index contributed by atoms with van der Waals surface area (Å²) < 4.78 is 41.2. The standard InChI is InChI=1S/C20H22BF2N5O2/c1-19(2)20(3,4)30-21(29-19)14-8-7-13(10-15(14)22)25-18-26-17(27-28(18)5)12-6-9-16(23)24-11-12/h6-11H,1-5H3,(H,25,26,27). The van der Waals surface area contributed by atoms with Crippen molar-refractivity contribution in [3.8, 4) is 11.4 Å². The maximum atomic E-state index is 14.8. The Labute approximate surface area is 173 Å². The molecule has 0 aliphatic carbocycles. The van der Waals surface area contributed by atoms with Gasteiger partial charge in [-0.25, -0.2) is 14.1 Å². The first-order chi connectivity index (χ1) is 14.1. The van der Waals surface area contributed by atoms with Crippen LogP contribution >= 0.6 is 0 Å². The average Bonchev–Trinajstić information content (AvgIpc) is 3.11. The van der Waals surface area contributed by atoms with Gasteiger partial charge in [-0.1, -0.05) is 6.07 Å². The van der Waals surface area contributed by atoms with Crippen molar-refractivity contribution in [2.24, 2.45) is 7.05 Å². The van der Waals surface area contributed by atoms with Gasteiger partial charge in [-0.2, -0.15) is 9.37 Å². The van der Waals surface area contributed by atoms with Crippen molar-refractivity contribution >= 4 is 24.2 Å². The second kappa shape index (κ2) is 7.14. The SMILES string of the molecule is Cn1nc(-c2ccc(F)nc2)nc1Nc1ccc(B2OC(C)(C)C(C)(C)O2)c(F)c1. The fourth-order valence-corrected chi connectivity index (χ4v) is 3.02. The third-order valence-corrected chi connectivity index (χ3v) is 5.51. The molecule has 7 nitrogen and oxygen atoms in total. The van der Waals surface area contributed by atoms with Crippen LogP contribution in [-0.4, -0.2) is 38.1 Å². The van der Waals surface area contributed by atoms with E-state index in [4.69, 9.17) is 9.31 Å². The average molecular weight is 413 g/mol. The smallest absolute Gasteiger partial charge is 0.399 e. The number of halogens is 2. The third-order valence-electron chi connectivity index (χ3n) is 5.51. The van der Waals surface area contributed by atoms with Gasteiger partial charge >= 0.3 is 7.12 Å². The van der Waals surface area contributed by atoms with Gasteiger partial charge < -0.3 is 14.6 Å². The lowest BCUT2D eigenvalue weighted by Crippen LogP contribution is -2.41. The van der Waals surface area contributed by atoms with Gasteiger partial charge in [0.2, 0.25) is 11.9 Å². The fraction of sp³-hybridized carbons (Fsp3) is 0.350. The van der Waals surface area contributed by atoms with Gasteiger partial charge in [-0.05, 0) is 52.0 Å². The molecule has 0 saturated carbocycles. The maximum Gasteiger partial charge on any atom is 0.497 e. The molecule has 1 fully saturated rings. The Morgan fingerprint density at radius 3 is 2.33 bits per heavy atom. The molecular formula is C20H22BF2N5O2. The molecule has 0 atom stereocenters. The molecule has 0 amide bonds. The maximum absolute atomic E-state index is 14.8. The number of aromatic nitrogens is 4. The topological polar surface area (TPSA) is 74.1 Å². The molecule has 0 radical (unpaired) electrons. The second-order valence-corrected chi connectivity index (χ2v) is 8.20. The number of hydrogen-bond donors (Lipinski definition) is 1. The van der Waals surface area contributed by atoms with Crippen molar-refractivity contribution in [3.05, 3.63) is 48.3 Å². The monoisotopic (exact) mass is 413 g/mol. The molecular weight excluding hydrogens is 391 g/mol. The Hall–Kier alpha value is -2.85. The van der Waals surface area contributed by atoms with Gasteiger partial charge in [0.1, 0.15) is 5.82 Å². The third kappa shape index (κ3) is 3.68. The van der Waals surface area contributed by atoms with Gasteiger partial charge in [0.15, 0.2) is 5.82 Å². The molecule has 1 aliphatic heterocycles. The first-order valence-corrected chi connectivity index (χ1v) is 9.51. The van der Waals surface area contributed by atoms with Gasteiger partial charge in [-0.3, -0.25) is 0 Å². The minimum atomic E-state index is -0.781. The molecule has 0 bridgehead atoms. The zero-order valence-corrected chi connectivity index (χ0v) is 17.4. The van der Waals surface area contributed by atoms with Crippen LogP contribution in [0.2, 0.25) is 0 Å². The van der Waals surface area contributed by atoms with Crippen LogP contribution in [0.3, 0.4) is 0 Å². The van der Waals surface area contributed by atoms with E-state index < -0.39 is 30.1 Å². The van der Waals surface area contributed by atoms with E-state index in [1.54, 1.807) is 25.2 Å². The molecule has 3 heterocycles. The van der Waals surface area contributed by atoms with Crippen molar-refractivity contribution in [2.75, 3.05) is 5.32 Å². The number of pyridine rings is 1. The lowest BCUT2D eigenvalue weighted by atomic mass is 9.78. The molecule has 2 aromatic heterocycles. The summed E-state index contributed by atoms with van der Waals surface area (Å²) in [5, 5.41) is 7.33. The predicted molar refractivity (Wildman–Crippen MR) is 110 cm³/mol. The van der Waals surface area contributed by atoms with Gasteiger partial charge in [-0.15, -0.1) is 5.10 Å². The van der Waals surface area contributed by atoms with Gasteiger partial charge in [0.05, 0.1) is 11.2 Å². The van der Waals surface area contributed by atoms with Crippen LogP contribution in [0.1, 0.15) is 27.7 Å². The molecule has 1 aliphatic rings. The lowest BCUT2D eigenvalue weighted by molar-refractivity contribution is 0.00578. The summed E-state index contributed by atoms with van der Waals surface area (Å²) in [5.41, 5.74) is 0.293. The largest absolute Gasteiger partial charge is 0.497 e. The predicted octanol–water partition coefficient (Wildman–Crippen LogP) is 3.20. The number of nitrogens with one attached hydrogen (secondary N) is 1. The summed E-state index contributed by atoms with van der Waals surface area (Å²) in [4.78, 5) is 7.99. The summed E-state index contributed by atoms with van der Waals surface area (Å²) in [5.74, 6) is -0.256. The van der Waals surface area contributed by atoms with Crippen LogP contribution in [0, 0.1) is 11.8 Å². The number of nitrogens with zero attached hydrogens (tertiary/aromatic N) is 4. The molecule has 156 valence electrons. The van der Waals surface area contributed by atoms with E-state index in [1.165, 1.54) is 23.0 Å². The Morgan fingerprint density at radius 2 is 1.73 bits per heavy atom. The summed E-state index contributed by atoms with van der Waals surface area (Å²) >= 11 is 0. The zero-order chi connectivity index (χ0) is 21.7. The number of rotatable bonds is 4. The van der Waals surface area contributed by atoms with Crippen molar-refractivity contribution in [1.82, 2.24) is 19.7 Å². The molecule has 10 heteroatoms. The van der Waals surface area contributed by atoms with Crippen molar-refractivity contribution in [3.63, 3.8) is 0 Å². The Kier molecular flexibility index (Phi) is 4.86. The van der Waals surface area contributed by atoms with E-state index in [0.717, 1.165) is 0 Å². The first-order valence-electron chi connectivity index (χ1n) is 9.51. The van der Waals surface area contributed by atoms with Crippen LogP contribution in [0.5, 0.6) is 0 Å². The first kappa shape index (κ1) is 20.4. The second-order valence-electron chi connectivity index (χ2n) is 8.20. The van der Waals surface area contributed by atoms with E-state index in [2.05, 4.69) is 20.4 Å². The van der Waals surface area contributed by atoms with Crippen molar-refractivity contribution in [1.29, 1.82) is 0 Å². The minimum Gasteiger partial charge on any atom is -0.399 e. The number of aryl methyl sites for hydroxylation is 1. The number of benzene rings is 1. The molecule has 3 aromatic rings. The molecule has 30 heavy (non-hydrogen) atoms. The summed E-state index contributed by atoms with van der Waals surface area (Å²) in [6.45, 7) is 7.68. The fourth-order valence-electron chi connectivity index (χ4n) is 3.02. The summed E-state index contributed by atoms with van der Waals surface area (Å²) in [7, 11) is 0.918. The number of hydrogen-bond acceptors (Lipinski definition) is 6. The van der Waals surface area contributed by atoms with E-state index >= 15 is 0 Å². The molecule has 1 N–H and O–H groups in total. The highest BCUT2D eigenvalue weighted by Gasteiger charge is 2.52. The Morgan fingerprint density at radius 1 is 1.03 bits per heavy atom. The highest BCUT2D eigenvalue weighted by atomic mass is 19.1. The molecule has 0 unspecified atom stereocenters. The van der Waals surface area contributed by atoms with E-state index in [-0.39, 0.29) is 0 Å². The normalized spacial score (nSPS) is 17.4. The molecule has 4 rings (SSSR count). The summed E-state index contributed by atoms with van der Waals surface area (Å²) in [6.07, 6.45) is 1.35. The van der Waals surface area contributed by atoms with Crippen LogP contribution in [0.25, 0.3) is 11.4 Å². The van der Waals surface area contributed by atoms with Crippen molar-refractivity contribution in [2.45, 2.75) is 38.9 Å². The highest BCUT2D eigenvalue weighted by Crippen LogP contribution is 2.36. The van der Waals surface area contributed by atoms with E-state index in [0.29, 0.717) is 28.5 Å². The van der Waals surface area contributed by atoms with Crippen molar-refractivity contribution < 1.29 is 18.1 Å². The lowest BCUT2D eigenvalue weighted by Gasteiger charge is -2.32. The molecule has 1 aromatic carbocycles. The Balaban J connectivity index is 1.54. The molecule has 0 spiro atoms. The van der Waals surface area contributed by atoms with E-state index in [1.807, 2.05) is 27.7 Å². The van der Waals surface area contributed by atoms with Crippen LogP contribution in [0.15, 0.2) is 36.5 Å². The number of anilines is 2. The van der Waals surface area contributed by atoms with Crippen LogP contribution < -0.4 is 10.8 Å². The Bertz CT molecular complexity index is 1070. The van der Waals surface area contributed by atoms with E-state index in [9.17, 15) is 8.78 Å².